The predicted molar refractivity (Wildman–Crippen MR) is 124 cm³/mol. The molecule has 9 heteroatoms. The van der Waals surface area contributed by atoms with Crippen molar-refractivity contribution in [2.24, 2.45) is 5.10 Å². The summed E-state index contributed by atoms with van der Waals surface area (Å²) in [6, 6.07) is 21.8. The normalized spacial score (nSPS) is 11.9. The molecule has 0 atom stereocenters. The number of anilines is 1. The molecule has 4 rings (SSSR count). The second-order valence-corrected chi connectivity index (χ2v) is 8.85. The molecule has 1 aromatic heterocycles. The lowest BCUT2D eigenvalue weighted by Gasteiger charge is -2.09. The van der Waals surface area contributed by atoms with E-state index in [9.17, 15) is 13.2 Å². The summed E-state index contributed by atoms with van der Waals surface area (Å²) in [4.78, 5) is 15.3. The molecule has 168 valence electrons. The number of amides is 1. The van der Waals surface area contributed by atoms with Gasteiger partial charge in [0.15, 0.2) is 11.3 Å². The maximum absolute atomic E-state index is 13.1. The Hall–Kier alpha value is -4.11. The van der Waals surface area contributed by atoms with E-state index in [4.69, 9.17) is 9.15 Å². The molecule has 0 fully saturated rings. The first kappa shape index (κ1) is 22.1. The Balaban J connectivity index is 1.82. The van der Waals surface area contributed by atoms with Crippen LogP contribution in [0.15, 0.2) is 93.3 Å². The molecule has 2 N–H and O–H groups in total. The summed E-state index contributed by atoms with van der Waals surface area (Å²) in [5, 5.41) is 7.32. The van der Waals surface area contributed by atoms with Gasteiger partial charge in [0.2, 0.25) is 5.55 Å². The minimum Gasteiger partial charge on any atom is -0.493 e. The van der Waals surface area contributed by atoms with Crippen LogP contribution in [0.4, 0.5) is 5.69 Å². The van der Waals surface area contributed by atoms with E-state index in [0.717, 1.165) is 5.56 Å². The number of hydrogen-bond donors (Lipinski definition) is 2. The summed E-state index contributed by atoms with van der Waals surface area (Å²) < 4.78 is 36.4. The maximum Gasteiger partial charge on any atom is 0.276 e. The van der Waals surface area contributed by atoms with Crippen molar-refractivity contribution in [2.45, 2.75) is 11.8 Å². The lowest BCUT2D eigenvalue weighted by Crippen LogP contribution is -2.27. The molecule has 0 saturated heterocycles. The van der Waals surface area contributed by atoms with Gasteiger partial charge in [0.25, 0.3) is 15.9 Å². The van der Waals surface area contributed by atoms with E-state index in [2.05, 4.69) is 15.2 Å². The maximum atomic E-state index is 13.1. The topological polar surface area (TPSA) is 110 Å². The van der Waals surface area contributed by atoms with Crippen molar-refractivity contribution in [1.29, 1.82) is 0 Å². The highest BCUT2D eigenvalue weighted by atomic mass is 32.2. The van der Waals surface area contributed by atoms with Gasteiger partial charge in [-0.05, 0) is 48.9 Å². The van der Waals surface area contributed by atoms with Gasteiger partial charge >= 0.3 is 0 Å². The summed E-state index contributed by atoms with van der Waals surface area (Å²) in [6.07, 6.45) is 0. The molecule has 0 bridgehead atoms. The number of nitrogens with zero attached hydrogens (tertiary/aromatic N) is 1. The molecule has 3 aromatic carbocycles. The van der Waals surface area contributed by atoms with Crippen LogP contribution < -0.4 is 20.4 Å². The fraction of sp³-hybridized carbons (Fsp3) is 0.0833. The third kappa shape index (κ3) is 4.88. The number of fused-ring (bicyclic) bond motifs is 1. The van der Waals surface area contributed by atoms with Gasteiger partial charge in [0.05, 0.1) is 12.0 Å². The van der Waals surface area contributed by atoms with Crippen LogP contribution >= 0.6 is 0 Å². The Morgan fingerprint density at radius 2 is 1.73 bits per heavy atom. The Kier molecular flexibility index (Phi) is 6.14. The average Bonchev–Trinajstić information content (AvgIpc) is 2.82. The molecular weight excluding hydrogens is 442 g/mol. The quantitative estimate of drug-likeness (QED) is 0.423. The van der Waals surface area contributed by atoms with E-state index < -0.39 is 15.9 Å². The number of hydrogen-bond acceptors (Lipinski definition) is 6. The molecule has 0 aliphatic carbocycles. The van der Waals surface area contributed by atoms with Gasteiger partial charge in [-0.2, -0.15) is 13.2 Å². The van der Waals surface area contributed by atoms with Crippen LogP contribution in [0.5, 0.6) is 5.75 Å². The number of ether oxygens (including phenoxy) is 1. The highest BCUT2D eigenvalue weighted by Gasteiger charge is 2.17. The van der Waals surface area contributed by atoms with E-state index in [1.165, 1.54) is 19.2 Å². The minimum absolute atomic E-state index is 0.0258. The largest absolute Gasteiger partial charge is 0.493 e. The van der Waals surface area contributed by atoms with Crippen molar-refractivity contribution in [3.05, 3.63) is 95.5 Å². The lowest BCUT2D eigenvalue weighted by atomic mass is 10.1. The highest BCUT2D eigenvalue weighted by Crippen LogP contribution is 2.25. The van der Waals surface area contributed by atoms with Crippen LogP contribution in [0.3, 0.4) is 0 Å². The fourth-order valence-corrected chi connectivity index (χ4v) is 4.03. The Labute approximate surface area is 190 Å². The molecule has 0 aliphatic rings. The zero-order valence-electron chi connectivity index (χ0n) is 17.9. The number of aryl methyl sites for hydroxylation is 1. The summed E-state index contributed by atoms with van der Waals surface area (Å²) in [5.74, 6) is -0.0905. The molecule has 1 amide bonds. The van der Waals surface area contributed by atoms with Crippen molar-refractivity contribution in [3.8, 4) is 5.75 Å². The third-order valence-electron chi connectivity index (χ3n) is 4.80. The predicted octanol–water partition coefficient (Wildman–Crippen LogP) is 3.80. The van der Waals surface area contributed by atoms with Gasteiger partial charge < -0.3 is 14.5 Å². The number of sulfonamides is 1. The van der Waals surface area contributed by atoms with Gasteiger partial charge in [-0.1, -0.05) is 42.5 Å². The number of carbonyl (C=O) groups is 1. The monoisotopic (exact) mass is 463 g/mol. The Morgan fingerprint density at radius 3 is 2.45 bits per heavy atom. The Bertz CT molecular complexity index is 1500. The van der Waals surface area contributed by atoms with Gasteiger partial charge in [-0.3, -0.25) is 4.79 Å². The van der Waals surface area contributed by atoms with Crippen molar-refractivity contribution in [3.63, 3.8) is 0 Å². The van der Waals surface area contributed by atoms with Crippen molar-refractivity contribution < 1.29 is 22.4 Å². The lowest BCUT2D eigenvalue weighted by molar-refractivity contribution is 0.102. The molecule has 0 spiro atoms. The molecule has 33 heavy (non-hydrogen) atoms. The van der Waals surface area contributed by atoms with E-state index in [-0.39, 0.29) is 16.0 Å². The van der Waals surface area contributed by atoms with Crippen LogP contribution in [-0.4, -0.2) is 21.4 Å². The van der Waals surface area contributed by atoms with Gasteiger partial charge in [-0.25, -0.2) is 0 Å². The number of rotatable bonds is 6. The van der Waals surface area contributed by atoms with Crippen LogP contribution in [-0.2, 0) is 10.0 Å². The zero-order chi connectivity index (χ0) is 23.4. The number of para-hydroxylation sites is 1. The first-order chi connectivity index (χ1) is 15.9. The van der Waals surface area contributed by atoms with Crippen LogP contribution in [0.1, 0.15) is 15.9 Å². The third-order valence-corrected chi connectivity index (χ3v) is 6.02. The zero-order valence-corrected chi connectivity index (χ0v) is 18.7. The van der Waals surface area contributed by atoms with Crippen LogP contribution in [0.25, 0.3) is 11.0 Å². The summed E-state index contributed by atoms with van der Waals surface area (Å²) in [7, 11) is -2.49. The number of benzene rings is 3. The standard InChI is InChI=1S/C24H21N3O5S/c1-16-8-6-10-18(14-16)25-23(28)20-15-17-9-7-13-21(31-2)22(17)32-24(20)26-27-33(29,30)19-11-4-3-5-12-19/h3-15,27H,1-2H3,(H,25,28)/b26-24-. The minimum atomic E-state index is -3.97. The second-order valence-electron chi connectivity index (χ2n) is 7.19. The smallest absolute Gasteiger partial charge is 0.276 e. The van der Waals surface area contributed by atoms with Gasteiger partial charge in [0.1, 0.15) is 5.56 Å². The Morgan fingerprint density at radius 1 is 0.970 bits per heavy atom. The fourth-order valence-electron chi connectivity index (χ4n) is 3.21. The number of carbonyl (C=O) groups excluding carboxylic acids is 1. The van der Waals surface area contributed by atoms with Crippen molar-refractivity contribution in [2.75, 3.05) is 12.4 Å². The summed E-state index contributed by atoms with van der Waals surface area (Å²) in [6.45, 7) is 1.91. The van der Waals surface area contributed by atoms with Crippen molar-refractivity contribution in [1.82, 2.24) is 4.83 Å². The molecule has 4 aromatic rings. The van der Waals surface area contributed by atoms with Crippen molar-refractivity contribution >= 4 is 32.6 Å². The first-order valence-electron chi connectivity index (χ1n) is 9.97. The molecule has 0 unspecified atom stereocenters. The first-order valence-corrected chi connectivity index (χ1v) is 11.5. The average molecular weight is 464 g/mol. The molecule has 0 saturated carbocycles. The summed E-state index contributed by atoms with van der Waals surface area (Å²) in [5.41, 5.74) is 1.72. The van der Waals surface area contributed by atoms with E-state index in [0.29, 0.717) is 22.4 Å². The molecule has 0 aliphatic heterocycles. The highest BCUT2D eigenvalue weighted by molar-refractivity contribution is 7.89. The number of nitrogens with one attached hydrogen (secondary N) is 2. The molecule has 1 heterocycles. The van der Waals surface area contributed by atoms with E-state index >= 15 is 0 Å². The summed E-state index contributed by atoms with van der Waals surface area (Å²) >= 11 is 0. The molecule has 8 nitrogen and oxygen atoms in total. The van der Waals surface area contributed by atoms with Gasteiger partial charge in [0, 0.05) is 11.1 Å². The molecular formula is C24H21N3O5S. The SMILES string of the molecule is COc1cccc2cc(C(=O)Nc3cccc(C)c3)/c(=N/NS(=O)(=O)c3ccccc3)oc12. The second kappa shape index (κ2) is 9.17. The van der Waals surface area contributed by atoms with E-state index in [1.54, 1.807) is 48.5 Å². The van der Waals surface area contributed by atoms with Gasteiger partial charge in [-0.15, -0.1) is 5.10 Å². The van der Waals surface area contributed by atoms with Crippen LogP contribution in [0, 0.1) is 6.92 Å². The van der Waals surface area contributed by atoms with E-state index in [1.807, 2.05) is 25.1 Å². The molecule has 0 radical (unpaired) electrons. The van der Waals surface area contributed by atoms with Crippen LogP contribution in [0.2, 0.25) is 0 Å². The number of methoxy groups -OCH3 is 1.